The lowest BCUT2D eigenvalue weighted by atomic mass is 9.77. The van der Waals surface area contributed by atoms with Crippen molar-refractivity contribution in [3.63, 3.8) is 0 Å². The molecule has 0 unspecified atom stereocenters. The molecule has 1 aromatic carbocycles. The molecule has 1 saturated heterocycles. The number of carbonyl (C=O) groups is 1. The summed E-state index contributed by atoms with van der Waals surface area (Å²) in [7, 11) is -0.604. The van der Waals surface area contributed by atoms with E-state index in [1.807, 2.05) is 27.7 Å². The van der Waals surface area contributed by atoms with Gasteiger partial charge in [0, 0.05) is 13.5 Å². The van der Waals surface area contributed by atoms with Crippen LogP contribution in [-0.4, -0.2) is 30.8 Å². The molecular formula is C17H24BFN2O3. The number of rotatable bonds is 4. The third-order valence-electron chi connectivity index (χ3n) is 4.47. The topological polar surface area (TPSA) is 73.6 Å². The quantitative estimate of drug-likeness (QED) is 0.656. The predicted molar refractivity (Wildman–Crippen MR) is 93.6 cm³/mol. The molecule has 0 aromatic heterocycles. The van der Waals surface area contributed by atoms with E-state index >= 15 is 0 Å². The van der Waals surface area contributed by atoms with E-state index in [-0.39, 0.29) is 18.1 Å². The lowest BCUT2D eigenvalue weighted by Gasteiger charge is -2.32. The Balaban J connectivity index is 2.33. The van der Waals surface area contributed by atoms with Crippen LogP contribution in [0.2, 0.25) is 0 Å². The van der Waals surface area contributed by atoms with E-state index in [1.165, 1.54) is 19.1 Å². The maximum atomic E-state index is 13.3. The highest BCUT2D eigenvalue weighted by Gasteiger charge is 2.52. The molecule has 0 spiro atoms. The standard InChI is InChI=1S/C17H24BFN2O3/c1-11(22)21-10-13(8-12-6-7-14(19)15(20)9-12)18-23-16(2,3)17(4,5)24-18/h6-9H,10,20H2,1-5H3,(H,21,22). The van der Waals surface area contributed by atoms with Gasteiger partial charge < -0.3 is 20.4 Å². The lowest BCUT2D eigenvalue weighted by Crippen LogP contribution is -2.41. The highest BCUT2D eigenvalue weighted by Crippen LogP contribution is 2.38. The van der Waals surface area contributed by atoms with Crippen LogP contribution >= 0.6 is 0 Å². The van der Waals surface area contributed by atoms with E-state index in [0.717, 1.165) is 5.47 Å². The summed E-state index contributed by atoms with van der Waals surface area (Å²) in [5.41, 5.74) is 6.15. The Kier molecular flexibility index (Phi) is 5.06. The molecule has 1 amide bonds. The maximum absolute atomic E-state index is 13.3. The molecule has 0 radical (unpaired) electrons. The first kappa shape index (κ1) is 18.5. The average Bonchev–Trinajstić information content (AvgIpc) is 2.67. The zero-order valence-corrected chi connectivity index (χ0v) is 14.8. The zero-order chi connectivity index (χ0) is 18.1. The molecule has 0 saturated carbocycles. The van der Waals surface area contributed by atoms with Gasteiger partial charge in [0.25, 0.3) is 0 Å². The number of benzene rings is 1. The minimum atomic E-state index is -0.604. The molecule has 1 fully saturated rings. The van der Waals surface area contributed by atoms with Crippen LogP contribution in [0.5, 0.6) is 0 Å². The number of halogens is 1. The first-order valence-corrected chi connectivity index (χ1v) is 7.87. The highest BCUT2D eigenvalue weighted by atomic mass is 19.1. The Morgan fingerprint density at radius 1 is 1.29 bits per heavy atom. The van der Waals surface area contributed by atoms with E-state index in [1.54, 1.807) is 12.1 Å². The fourth-order valence-electron chi connectivity index (χ4n) is 2.29. The van der Waals surface area contributed by atoms with Gasteiger partial charge in [-0.3, -0.25) is 4.79 Å². The Hall–Kier alpha value is -1.86. The number of nitrogens with two attached hydrogens (primary N) is 1. The van der Waals surface area contributed by atoms with Gasteiger partial charge in [-0.15, -0.1) is 0 Å². The van der Waals surface area contributed by atoms with Gasteiger partial charge >= 0.3 is 7.12 Å². The van der Waals surface area contributed by atoms with Gasteiger partial charge in [-0.2, -0.15) is 0 Å². The van der Waals surface area contributed by atoms with Crippen LogP contribution in [-0.2, 0) is 14.1 Å². The molecule has 3 N–H and O–H groups in total. The molecular weight excluding hydrogens is 310 g/mol. The normalized spacial score (nSPS) is 19.4. The number of anilines is 1. The van der Waals surface area contributed by atoms with Crippen LogP contribution in [0, 0.1) is 5.82 Å². The Labute approximate surface area is 142 Å². The molecule has 130 valence electrons. The predicted octanol–water partition coefficient (Wildman–Crippen LogP) is 2.56. The van der Waals surface area contributed by atoms with Gasteiger partial charge in [0.15, 0.2) is 0 Å². The number of hydrogen-bond acceptors (Lipinski definition) is 4. The minimum Gasteiger partial charge on any atom is -0.400 e. The maximum Gasteiger partial charge on any atom is 0.492 e. The van der Waals surface area contributed by atoms with Crippen molar-refractivity contribution in [1.82, 2.24) is 5.32 Å². The van der Waals surface area contributed by atoms with Gasteiger partial charge in [-0.25, -0.2) is 4.39 Å². The molecule has 7 heteroatoms. The van der Waals surface area contributed by atoms with E-state index in [0.29, 0.717) is 5.56 Å². The van der Waals surface area contributed by atoms with Gasteiger partial charge in [0.05, 0.1) is 16.9 Å². The molecule has 2 rings (SSSR count). The first-order valence-electron chi connectivity index (χ1n) is 7.87. The number of nitrogens with one attached hydrogen (secondary N) is 1. The summed E-state index contributed by atoms with van der Waals surface area (Å²) in [6.45, 7) is 9.54. The largest absolute Gasteiger partial charge is 0.492 e. The summed E-state index contributed by atoms with van der Waals surface area (Å²) in [6, 6.07) is 4.46. The lowest BCUT2D eigenvalue weighted by molar-refractivity contribution is -0.118. The highest BCUT2D eigenvalue weighted by molar-refractivity contribution is 6.56. The molecule has 1 heterocycles. The summed E-state index contributed by atoms with van der Waals surface area (Å²) in [4.78, 5) is 11.3. The van der Waals surface area contributed by atoms with Crippen molar-refractivity contribution < 1.29 is 18.5 Å². The van der Waals surface area contributed by atoms with E-state index < -0.39 is 24.1 Å². The Bertz CT molecular complexity index is 658. The van der Waals surface area contributed by atoms with Crippen LogP contribution in [0.15, 0.2) is 23.7 Å². The first-order chi connectivity index (χ1) is 11.0. The summed E-state index contributed by atoms with van der Waals surface area (Å²) < 4.78 is 25.4. The fourth-order valence-corrected chi connectivity index (χ4v) is 2.29. The SMILES string of the molecule is CC(=O)NCC(=Cc1ccc(F)c(N)c1)B1OC(C)(C)C(C)(C)O1. The van der Waals surface area contributed by atoms with Gasteiger partial charge in [-0.1, -0.05) is 12.1 Å². The smallest absolute Gasteiger partial charge is 0.400 e. The van der Waals surface area contributed by atoms with E-state index in [9.17, 15) is 9.18 Å². The van der Waals surface area contributed by atoms with Crippen molar-refractivity contribution in [2.45, 2.75) is 45.8 Å². The summed E-state index contributed by atoms with van der Waals surface area (Å²) in [6.07, 6.45) is 1.80. The monoisotopic (exact) mass is 334 g/mol. The number of nitrogen functional groups attached to an aromatic ring is 1. The van der Waals surface area contributed by atoms with Crippen molar-refractivity contribution in [1.29, 1.82) is 0 Å². The number of hydrogen-bond donors (Lipinski definition) is 2. The van der Waals surface area contributed by atoms with Crippen molar-refractivity contribution in [3.8, 4) is 0 Å². The van der Waals surface area contributed by atoms with Crippen LogP contribution < -0.4 is 11.1 Å². The van der Waals surface area contributed by atoms with Gasteiger partial charge in [0.1, 0.15) is 5.82 Å². The second-order valence-electron chi connectivity index (χ2n) is 7.00. The Morgan fingerprint density at radius 2 is 1.88 bits per heavy atom. The van der Waals surface area contributed by atoms with Gasteiger partial charge in [-0.05, 0) is 50.9 Å². The fraction of sp³-hybridized carbons (Fsp3) is 0.471. The summed E-state index contributed by atoms with van der Waals surface area (Å²) >= 11 is 0. The van der Waals surface area contributed by atoms with Gasteiger partial charge in [0.2, 0.25) is 5.91 Å². The molecule has 5 nitrogen and oxygen atoms in total. The molecule has 24 heavy (non-hydrogen) atoms. The minimum absolute atomic E-state index is 0.0662. The number of carbonyl (C=O) groups excluding carboxylic acids is 1. The Morgan fingerprint density at radius 3 is 2.38 bits per heavy atom. The third-order valence-corrected chi connectivity index (χ3v) is 4.47. The molecule has 0 atom stereocenters. The van der Waals surface area contributed by atoms with Crippen molar-refractivity contribution in [2.75, 3.05) is 12.3 Å². The van der Waals surface area contributed by atoms with E-state index in [2.05, 4.69) is 5.32 Å². The molecule has 0 bridgehead atoms. The summed E-state index contributed by atoms with van der Waals surface area (Å²) in [5.74, 6) is -0.623. The molecule has 1 aliphatic rings. The number of amides is 1. The molecule has 1 aliphatic heterocycles. The third kappa shape index (κ3) is 3.97. The average molecular weight is 334 g/mol. The molecule has 0 aliphatic carbocycles. The van der Waals surface area contributed by atoms with Crippen LogP contribution in [0.1, 0.15) is 40.2 Å². The van der Waals surface area contributed by atoms with Crippen molar-refractivity contribution in [2.24, 2.45) is 0 Å². The summed E-state index contributed by atoms with van der Waals surface area (Å²) in [5, 5.41) is 2.75. The second kappa shape index (κ2) is 6.57. The van der Waals surface area contributed by atoms with E-state index in [4.69, 9.17) is 15.0 Å². The van der Waals surface area contributed by atoms with Crippen molar-refractivity contribution in [3.05, 3.63) is 35.1 Å². The second-order valence-corrected chi connectivity index (χ2v) is 7.00. The molecule has 1 aromatic rings. The van der Waals surface area contributed by atoms with Crippen LogP contribution in [0.4, 0.5) is 10.1 Å². The van der Waals surface area contributed by atoms with Crippen LogP contribution in [0.3, 0.4) is 0 Å². The van der Waals surface area contributed by atoms with Crippen molar-refractivity contribution >= 4 is 24.8 Å². The zero-order valence-electron chi connectivity index (χ0n) is 14.8. The van der Waals surface area contributed by atoms with Crippen LogP contribution in [0.25, 0.3) is 6.08 Å².